The lowest BCUT2D eigenvalue weighted by molar-refractivity contribution is -0.175. The maximum Gasteiger partial charge on any atom is 0.453 e. The Morgan fingerprint density at radius 2 is 1.83 bits per heavy atom. The average molecular weight is 427 g/mol. The van der Waals surface area contributed by atoms with Gasteiger partial charge in [0, 0.05) is 23.9 Å². The first-order chi connectivity index (χ1) is 13.3. The molecule has 2 heterocycles. The molecular formula is C16H19F6N5O2. The van der Waals surface area contributed by atoms with Crippen LogP contribution in [0.5, 0.6) is 0 Å². The predicted molar refractivity (Wildman–Crippen MR) is 88.1 cm³/mol. The van der Waals surface area contributed by atoms with Gasteiger partial charge in [0.2, 0.25) is 5.91 Å². The van der Waals surface area contributed by atoms with Crippen molar-refractivity contribution in [3.8, 4) is 0 Å². The molecule has 1 N–H and O–H groups in total. The van der Waals surface area contributed by atoms with E-state index in [2.05, 4.69) is 25.1 Å². The molecular weight excluding hydrogens is 408 g/mol. The third-order valence-corrected chi connectivity index (χ3v) is 3.95. The van der Waals surface area contributed by atoms with E-state index in [9.17, 15) is 31.1 Å². The number of halogens is 6. The second-order valence-electron chi connectivity index (χ2n) is 6.51. The normalized spacial score (nSPS) is 13.7. The van der Waals surface area contributed by atoms with Gasteiger partial charge in [-0.1, -0.05) is 0 Å². The molecule has 0 spiro atoms. The minimum Gasteiger partial charge on any atom is -0.370 e. The van der Waals surface area contributed by atoms with Gasteiger partial charge < -0.3 is 10.1 Å². The number of hydrogen-bond donors (Lipinski definition) is 1. The number of amides is 1. The van der Waals surface area contributed by atoms with E-state index < -0.39 is 36.7 Å². The molecule has 2 aromatic rings. The number of alkyl halides is 6. The summed E-state index contributed by atoms with van der Waals surface area (Å²) in [6.45, 7) is 2.89. The fraction of sp³-hybridized carbons (Fsp3) is 0.625. The lowest BCUT2D eigenvalue weighted by Crippen LogP contribution is -2.37. The van der Waals surface area contributed by atoms with Gasteiger partial charge in [-0.2, -0.15) is 31.3 Å². The van der Waals surface area contributed by atoms with Crippen LogP contribution in [0.4, 0.5) is 26.3 Å². The Balaban J connectivity index is 2.00. The number of rotatable bonds is 7. The number of nitrogens with zero attached hydrogens (tertiary/aromatic N) is 4. The van der Waals surface area contributed by atoms with Crippen LogP contribution in [0.1, 0.15) is 36.1 Å². The zero-order valence-electron chi connectivity index (χ0n) is 15.8. The Labute approximate surface area is 161 Å². The van der Waals surface area contributed by atoms with Crippen LogP contribution in [0.25, 0.3) is 5.78 Å². The highest BCUT2D eigenvalue weighted by Crippen LogP contribution is 2.27. The van der Waals surface area contributed by atoms with Gasteiger partial charge in [-0.05, 0) is 32.8 Å². The smallest absolute Gasteiger partial charge is 0.370 e. The Kier molecular flexibility index (Phi) is 6.71. The van der Waals surface area contributed by atoms with Crippen molar-refractivity contribution in [1.82, 2.24) is 24.9 Å². The van der Waals surface area contributed by atoms with Gasteiger partial charge in [-0.25, -0.2) is 9.50 Å². The van der Waals surface area contributed by atoms with Crippen LogP contribution in [0.2, 0.25) is 0 Å². The first kappa shape index (κ1) is 22.8. The van der Waals surface area contributed by atoms with Gasteiger partial charge in [0.05, 0.1) is 6.61 Å². The summed E-state index contributed by atoms with van der Waals surface area (Å²) in [7, 11) is 0. The standard InChI is InChI=1S/C16H19F6N5O2/c1-8(6-29-7-15(17,18)19)23-12(28)5-4-11-9(2)24-14-25-13(16(20,21)22)26-27(14)10(11)3/h8H,4-7H2,1-3H3,(H,23,28). The molecule has 1 amide bonds. The zero-order valence-corrected chi connectivity index (χ0v) is 15.8. The lowest BCUT2D eigenvalue weighted by Gasteiger charge is -2.16. The monoisotopic (exact) mass is 427 g/mol. The number of aryl methyl sites for hydroxylation is 2. The van der Waals surface area contributed by atoms with E-state index in [0.717, 1.165) is 4.52 Å². The van der Waals surface area contributed by atoms with Crippen molar-refractivity contribution in [3.63, 3.8) is 0 Å². The quantitative estimate of drug-likeness (QED) is 0.688. The summed E-state index contributed by atoms with van der Waals surface area (Å²) in [4.78, 5) is 19.4. The van der Waals surface area contributed by atoms with Crippen LogP contribution in [0, 0.1) is 13.8 Å². The summed E-state index contributed by atoms with van der Waals surface area (Å²) in [5.74, 6) is -1.95. The van der Waals surface area contributed by atoms with E-state index in [1.807, 2.05) is 0 Å². The third-order valence-electron chi connectivity index (χ3n) is 3.95. The Morgan fingerprint density at radius 1 is 1.17 bits per heavy atom. The maximum absolute atomic E-state index is 12.8. The van der Waals surface area contributed by atoms with E-state index in [0.29, 0.717) is 17.0 Å². The van der Waals surface area contributed by atoms with Gasteiger partial charge in [-0.15, -0.1) is 5.10 Å². The first-order valence-electron chi connectivity index (χ1n) is 8.52. The molecule has 0 saturated carbocycles. The van der Waals surface area contributed by atoms with Crippen molar-refractivity contribution in [3.05, 3.63) is 22.8 Å². The minimum absolute atomic E-state index is 0.0424. The molecule has 0 radical (unpaired) electrons. The van der Waals surface area contributed by atoms with Gasteiger partial charge >= 0.3 is 12.4 Å². The average Bonchev–Trinajstić information content (AvgIpc) is 2.97. The summed E-state index contributed by atoms with van der Waals surface area (Å²) in [6, 6.07) is -0.641. The van der Waals surface area contributed by atoms with Crippen molar-refractivity contribution in [2.45, 2.75) is 52.0 Å². The van der Waals surface area contributed by atoms with Crippen LogP contribution < -0.4 is 5.32 Å². The van der Waals surface area contributed by atoms with Gasteiger partial charge in [0.25, 0.3) is 11.6 Å². The number of ether oxygens (including phenoxy) is 1. The molecule has 13 heteroatoms. The highest BCUT2D eigenvalue weighted by molar-refractivity contribution is 5.76. The van der Waals surface area contributed by atoms with Crippen molar-refractivity contribution in [2.75, 3.05) is 13.2 Å². The molecule has 7 nitrogen and oxygen atoms in total. The molecule has 2 rings (SSSR count). The van der Waals surface area contributed by atoms with E-state index in [-0.39, 0.29) is 25.2 Å². The molecule has 0 bridgehead atoms. The number of carbonyl (C=O) groups is 1. The Hall–Kier alpha value is -2.44. The minimum atomic E-state index is -4.71. The molecule has 1 atom stereocenters. The number of aromatic nitrogens is 4. The van der Waals surface area contributed by atoms with Crippen molar-refractivity contribution < 1.29 is 35.9 Å². The number of carbonyl (C=O) groups excluding carboxylic acids is 1. The molecule has 162 valence electrons. The van der Waals surface area contributed by atoms with E-state index in [1.54, 1.807) is 6.92 Å². The fourth-order valence-electron chi connectivity index (χ4n) is 2.67. The molecule has 1 unspecified atom stereocenters. The second kappa shape index (κ2) is 8.51. The number of nitrogens with one attached hydrogen (secondary N) is 1. The van der Waals surface area contributed by atoms with E-state index in [4.69, 9.17) is 0 Å². The van der Waals surface area contributed by atoms with Crippen molar-refractivity contribution >= 4 is 11.7 Å². The molecule has 0 aliphatic heterocycles. The molecule has 2 aromatic heterocycles. The van der Waals surface area contributed by atoms with Crippen LogP contribution in [0.15, 0.2) is 0 Å². The Bertz CT molecular complexity index is 877. The zero-order chi connectivity index (χ0) is 22.0. The predicted octanol–water partition coefficient (Wildman–Crippen LogP) is 2.78. The summed E-state index contributed by atoms with van der Waals surface area (Å²) in [6.07, 6.45) is -9.04. The largest absolute Gasteiger partial charge is 0.453 e. The van der Waals surface area contributed by atoms with Gasteiger partial charge in [0.1, 0.15) is 6.61 Å². The van der Waals surface area contributed by atoms with Crippen LogP contribution in [0.3, 0.4) is 0 Å². The summed E-state index contributed by atoms with van der Waals surface area (Å²) in [5, 5.41) is 5.92. The fourth-order valence-corrected chi connectivity index (χ4v) is 2.67. The van der Waals surface area contributed by atoms with E-state index in [1.165, 1.54) is 13.8 Å². The van der Waals surface area contributed by atoms with Gasteiger partial charge in [-0.3, -0.25) is 4.79 Å². The number of fused-ring (bicyclic) bond motifs is 1. The molecule has 29 heavy (non-hydrogen) atoms. The lowest BCUT2D eigenvalue weighted by atomic mass is 10.1. The molecule has 0 fully saturated rings. The second-order valence-corrected chi connectivity index (χ2v) is 6.51. The Morgan fingerprint density at radius 3 is 2.41 bits per heavy atom. The first-order valence-corrected chi connectivity index (χ1v) is 8.52. The van der Waals surface area contributed by atoms with Gasteiger partial charge in [0.15, 0.2) is 0 Å². The third kappa shape index (κ3) is 6.27. The molecule has 0 saturated heterocycles. The van der Waals surface area contributed by atoms with Crippen molar-refractivity contribution in [2.24, 2.45) is 0 Å². The van der Waals surface area contributed by atoms with Crippen LogP contribution in [-0.4, -0.2) is 50.9 Å². The highest BCUT2D eigenvalue weighted by atomic mass is 19.4. The molecule has 0 aliphatic carbocycles. The summed E-state index contributed by atoms with van der Waals surface area (Å²) >= 11 is 0. The topological polar surface area (TPSA) is 81.4 Å². The summed E-state index contributed by atoms with van der Waals surface area (Å²) in [5.41, 5.74) is 1.31. The highest BCUT2D eigenvalue weighted by Gasteiger charge is 2.37. The number of hydrogen-bond acceptors (Lipinski definition) is 5. The van der Waals surface area contributed by atoms with Crippen LogP contribution >= 0.6 is 0 Å². The summed E-state index contributed by atoms with van der Waals surface area (Å²) < 4.78 is 80.0. The molecule has 0 aliphatic rings. The molecule has 0 aromatic carbocycles. The maximum atomic E-state index is 12.8. The van der Waals surface area contributed by atoms with E-state index >= 15 is 0 Å². The van der Waals surface area contributed by atoms with Crippen molar-refractivity contribution in [1.29, 1.82) is 0 Å². The van der Waals surface area contributed by atoms with Crippen LogP contribution in [-0.2, 0) is 22.1 Å². The SMILES string of the molecule is Cc1nc2nc(C(F)(F)F)nn2c(C)c1CCC(=O)NC(C)COCC(F)(F)F.